The quantitative estimate of drug-likeness (QED) is 0.760. The van der Waals surface area contributed by atoms with Crippen molar-refractivity contribution in [3.8, 4) is 0 Å². The Morgan fingerprint density at radius 1 is 1.00 bits per heavy atom. The molecule has 2 aliphatic heterocycles. The van der Waals surface area contributed by atoms with Crippen LogP contribution < -0.4 is 9.80 Å². The highest BCUT2D eigenvalue weighted by Crippen LogP contribution is 2.44. The van der Waals surface area contributed by atoms with Gasteiger partial charge in [0.05, 0.1) is 17.5 Å². The number of hydrogen-bond donors (Lipinski definition) is 0. The van der Waals surface area contributed by atoms with Gasteiger partial charge in [0, 0.05) is 19.3 Å². The average molecular weight is 310 g/mol. The van der Waals surface area contributed by atoms with Crippen molar-refractivity contribution in [2.45, 2.75) is 5.92 Å². The Balaban J connectivity index is 1.80. The van der Waals surface area contributed by atoms with Gasteiger partial charge in [-0.2, -0.15) is 0 Å². The number of hydrogen-bond acceptors (Lipinski definition) is 3. The first-order valence-electron chi connectivity index (χ1n) is 7.51. The van der Waals surface area contributed by atoms with Crippen LogP contribution in [-0.4, -0.2) is 25.4 Å². The number of fused-ring (bicyclic) bond motifs is 3. The maximum Gasteiger partial charge on any atom is 0.242 e. The molecule has 1 fully saturated rings. The lowest BCUT2D eigenvalue weighted by Gasteiger charge is -2.33. The number of carbonyl (C=O) groups is 2. The lowest BCUT2D eigenvalue weighted by atomic mass is 9.83. The van der Waals surface area contributed by atoms with Gasteiger partial charge in [-0.25, -0.2) is 9.29 Å². The number of para-hydroxylation sites is 1. The minimum atomic E-state index is -0.458. The van der Waals surface area contributed by atoms with Crippen LogP contribution in [0.2, 0.25) is 0 Å². The molecule has 23 heavy (non-hydrogen) atoms. The number of carbonyl (C=O) groups excluding carboxylic acids is 2. The summed E-state index contributed by atoms with van der Waals surface area (Å²) in [5.41, 5.74) is 2.29. The Kier molecular flexibility index (Phi) is 2.98. The predicted octanol–water partition coefficient (Wildman–Crippen LogP) is 2.55. The standard InChI is InChI=1S/C18H15FN2O2/c1-20-10-14-16(13-4-2-3-5-15(13)20)18(23)21(17(14)22)12-8-6-11(19)7-9-12/h2-9,14,16H,10H2,1H3/t14-,16+/m0/s1. The Hall–Kier alpha value is -2.69. The summed E-state index contributed by atoms with van der Waals surface area (Å²) in [6, 6.07) is 13.1. The van der Waals surface area contributed by atoms with E-state index in [1.165, 1.54) is 29.2 Å². The summed E-state index contributed by atoms with van der Waals surface area (Å²) in [6.07, 6.45) is 0. The molecular weight excluding hydrogens is 295 g/mol. The Labute approximate surface area is 133 Å². The summed E-state index contributed by atoms with van der Waals surface area (Å²) in [6.45, 7) is 0.504. The molecule has 0 bridgehead atoms. The van der Waals surface area contributed by atoms with Crippen molar-refractivity contribution >= 4 is 23.2 Å². The van der Waals surface area contributed by atoms with Gasteiger partial charge in [-0.05, 0) is 35.9 Å². The zero-order valence-electron chi connectivity index (χ0n) is 12.6. The summed E-state index contributed by atoms with van der Waals surface area (Å²) in [7, 11) is 1.92. The number of rotatable bonds is 1. The van der Waals surface area contributed by atoms with Gasteiger partial charge in [0.2, 0.25) is 11.8 Å². The molecule has 2 amide bonds. The van der Waals surface area contributed by atoms with Gasteiger partial charge in [0.15, 0.2) is 0 Å². The Bertz CT molecular complexity index is 803. The van der Waals surface area contributed by atoms with Gasteiger partial charge in [-0.1, -0.05) is 18.2 Å². The molecule has 4 nitrogen and oxygen atoms in total. The zero-order valence-corrected chi connectivity index (χ0v) is 12.6. The van der Waals surface area contributed by atoms with E-state index in [-0.39, 0.29) is 11.8 Å². The summed E-state index contributed by atoms with van der Waals surface area (Å²) in [5, 5.41) is 0. The lowest BCUT2D eigenvalue weighted by Crippen LogP contribution is -2.37. The van der Waals surface area contributed by atoms with Gasteiger partial charge in [0.25, 0.3) is 0 Å². The van der Waals surface area contributed by atoms with Gasteiger partial charge in [-0.15, -0.1) is 0 Å². The molecule has 2 aromatic carbocycles. The van der Waals surface area contributed by atoms with Crippen LogP contribution in [0.4, 0.5) is 15.8 Å². The van der Waals surface area contributed by atoms with E-state index in [2.05, 4.69) is 0 Å². The van der Waals surface area contributed by atoms with Crippen molar-refractivity contribution < 1.29 is 14.0 Å². The topological polar surface area (TPSA) is 40.6 Å². The van der Waals surface area contributed by atoms with Crippen LogP contribution in [0, 0.1) is 11.7 Å². The van der Waals surface area contributed by atoms with E-state index >= 15 is 0 Å². The van der Waals surface area contributed by atoms with E-state index in [0.717, 1.165) is 11.3 Å². The van der Waals surface area contributed by atoms with Crippen molar-refractivity contribution in [1.29, 1.82) is 0 Å². The molecule has 0 N–H and O–H groups in total. The van der Waals surface area contributed by atoms with Crippen molar-refractivity contribution in [1.82, 2.24) is 0 Å². The highest BCUT2D eigenvalue weighted by atomic mass is 19.1. The second-order valence-electron chi connectivity index (χ2n) is 6.01. The fourth-order valence-electron chi connectivity index (χ4n) is 3.60. The summed E-state index contributed by atoms with van der Waals surface area (Å²) >= 11 is 0. The lowest BCUT2D eigenvalue weighted by molar-refractivity contribution is -0.122. The first kappa shape index (κ1) is 13.9. The molecule has 0 saturated carbocycles. The van der Waals surface area contributed by atoms with Crippen LogP contribution in [0.5, 0.6) is 0 Å². The number of amides is 2. The minimum Gasteiger partial charge on any atom is -0.374 e. The van der Waals surface area contributed by atoms with Crippen molar-refractivity contribution in [2.24, 2.45) is 5.92 Å². The van der Waals surface area contributed by atoms with Crippen LogP contribution >= 0.6 is 0 Å². The van der Waals surface area contributed by atoms with E-state index in [4.69, 9.17) is 0 Å². The maximum atomic E-state index is 13.1. The minimum absolute atomic E-state index is 0.215. The fraction of sp³-hybridized carbons (Fsp3) is 0.222. The third kappa shape index (κ3) is 1.96. The van der Waals surface area contributed by atoms with Crippen LogP contribution in [0.3, 0.4) is 0 Å². The Morgan fingerprint density at radius 3 is 2.43 bits per heavy atom. The van der Waals surface area contributed by atoms with E-state index in [1.807, 2.05) is 36.2 Å². The van der Waals surface area contributed by atoms with Gasteiger partial charge >= 0.3 is 0 Å². The van der Waals surface area contributed by atoms with Crippen LogP contribution in [0.25, 0.3) is 0 Å². The van der Waals surface area contributed by atoms with E-state index in [1.54, 1.807) is 0 Å². The molecule has 4 rings (SSSR count). The summed E-state index contributed by atoms with van der Waals surface area (Å²) in [5.74, 6) is -1.69. The number of anilines is 2. The second-order valence-corrected chi connectivity index (χ2v) is 6.01. The SMILES string of the molecule is CN1C[C@@H]2C(=O)N(c3ccc(F)cc3)C(=O)[C@@H]2c2ccccc21. The molecule has 0 aliphatic carbocycles. The van der Waals surface area contributed by atoms with Gasteiger partial charge in [-0.3, -0.25) is 9.59 Å². The fourth-order valence-corrected chi connectivity index (χ4v) is 3.60. The summed E-state index contributed by atoms with van der Waals surface area (Å²) in [4.78, 5) is 28.9. The predicted molar refractivity (Wildman–Crippen MR) is 84.8 cm³/mol. The molecule has 2 aromatic rings. The zero-order chi connectivity index (χ0) is 16.1. The largest absolute Gasteiger partial charge is 0.374 e. The molecule has 2 atom stereocenters. The number of imide groups is 1. The van der Waals surface area contributed by atoms with E-state index in [0.29, 0.717) is 12.2 Å². The summed E-state index contributed by atoms with van der Waals surface area (Å²) < 4.78 is 13.1. The molecular formula is C18H15FN2O2. The molecule has 2 heterocycles. The maximum absolute atomic E-state index is 13.1. The van der Waals surface area contributed by atoms with Gasteiger partial charge in [0.1, 0.15) is 5.82 Å². The van der Waals surface area contributed by atoms with Crippen molar-refractivity contribution in [2.75, 3.05) is 23.4 Å². The third-order valence-corrected chi connectivity index (χ3v) is 4.66. The van der Waals surface area contributed by atoms with Crippen molar-refractivity contribution in [3.05, 3.63) is 59.9 Å². The highest BCUT2D eigenvalue weighted by molar-refractivity contribution is 6.24. The van der Waals surface area contributed by atoms with Gasteiger partial charge < -0.3 is 4.90 Å². The van der Waals surface area contributed by atoms with Crippen molar-refractivity contribution in [3.63, 3.8) is 0 Å². The Morgan fingerprint density at radius 2 is 1.70 bits per heavy atom. The number of nitrogens with zero attached hydrogens (tertiary/aromatic N) is 2. The van der Waals surface area contributed by atoms with E-state index < -0.39 is 17.7 Å². The highest BCUT2D eigenvalue weighted by Gasteiger charge is 2.52. The first-order chi connectivity index (χ1) is 11.1. The molecule has 1 saturated heterocycles. The molecule has 2 aliphatic rings. The number of benzene rings is 2. The monoisotopic (exact) mass is 310 g/mol. The number of halogens is 1. The molecule has 0 radical (unpaired) electrons. The molecule has 5 heteroatoms. The average Bonchev–Trinajstić information content (AvgIpc) is 2.80. The first-order valence-corrected chi connectivity index (χ1v) is 7.51. The second kappa shape index (κ2) is 4.91. The van der Waals surface area contributed by atoms with E-state index in [9.17, 15) is 14.0 Å². The molecule has 116 valence electrons. The van der Waals surface area contributed by atoms with Crippen LogP contribution in [0.15, 0.2) is 48.5 Å². The molecule has 0 spiro atoms. The smallest absolute Gasteiger partial charge is 0.242 e. The normalized spacial score (nSPS) is 23.0. The van der Waals surface area contributed by atoms with Crippen LogP contribution in [0.1, 0.15) is 11.5 Å². The molecule has 0 unspecified atom stereocenters. The third-order valence-electron chi connectivity index (χ3n) is 4.66. The molecule has 0 aromatic heterocycles. The van der Waals surface area contributed by atoms with Crippen LogP contribution in [-0.2, 0) is 9.59 Å².